The van der Waals surface area contributed by atoms with Gasteiger partial charge in [-0.1, -0.05) is 6.92 Å². The lowest BCUT2D eigenvalue weighted by Crippen LogP contribution is -2.40. The molecule has 1 fully saturated rings. The van der Waals surface area contributed by atoms with E-state index in [-0.39, 0.29) is 5.52 Å². The van der Waals surface area contributed by atoms with Gasteiger partial charge in [0.25, 0.3) is 0 Å². The van der Waals surface area contributed by atoms with Crippen LogP contribution in [0.4, 0.5) is 22.0 Å². The van der Waals surface area contributed by atoms with Gasteiger partial charge in [-0.15, -0.1) is 11.8 Å². The molecule has 1 aliphatic carbocycles. The zero-order valence-electron chi connectivity index (χ0n) is 16.4. The van der Waals surface area contributed by atoms with Gasteiger partial charge in [0.15, 0.2) is 0 Å². The molecule has 0 radical (unpaired) electrons. The summed E-state index contributed by atoms with van der Waals surface area (Å²) in [5.41, 5.74) is 1.62. The molecule has 3 aromatic rings. The lowest BCUT2D eigenvalue weighted by Gasteiger charge is -2.20. The third-order valence-electron chi connectivity index (χ3n) is 5.35. The van der Waals surface area contributed by atoms with Crippen LogP contribution in [0.2, 0.25) is 0 Å². The topological polar surface area (TPSA) is 54.5 Å². The second kappa shape index (κ2) is 7.48. The zero-order chi connectivity index (χ0) is 22.4. The lowest BCUT2D eigenvalue weighted by molar-refractivity contribution is -0.286. The Kier molecular flexibility index (Phi) is 5.20. The normalized spacial score (nSPS) is 15.8. The van der Waals surface area contributed by atoms with Gasteiger partial charge in [0.2, 0.25) is 0 Å². The zero-order valence-corrected chi connectivity index (χ0v) is 17.2. The highest BCUT2D eigenvalue weighted by Crippen LogP contribution is 2.48. The molecule has 0 atom stereocenters. The van der Waals surface area contributed by atoms with Crippen molar-refractivity contribution in [1.82, 2.24) is 14.5 Å². The summed E-state index contributed by atoms with van der Waals surface area (Å²) >= 11 is 1.55. The summed E-state index contributed by atoms with van der Waals surface area (Å²) in [6, 6.07) is 7.38. The minimum Gasteiger partial charge on any atom is -0.340 e. The summed E-state index contributed by atoms with van der Waals surface area (Å²) in [4.78, 5) is 9.65. The average Bonchev–Trinajstić information content (AvgIpc) is 3.43. The first-order chi connectivity index (χ1) is 14.6. The van der Waals surface area contributed by atoms with Crippen LogP contribution in [0.25, 0.3) is 22.3 Å². The van der Waals surface area contributed by atoms with E-state index in [9.17, 15) is 27.2 Å². The van der Waals surface area contributed by atoms with E-state index in [1.807, 2.05) is 13.0 Å². The van der Waals surface area contributed by atoms with Crippen molar-refractivity contribution in [3.8, 4) is 17.5 Å². The molecule has 0 aliphatic heterocycles. The van der Waals surface area contributed by atoms with Crippen LogP contribution in [0.1, 0.15) is 25.3 Å². The Bertz CT molecular complexity index is 1170. The minimum absolute atomic E-state index is 0.176. The van der Waals surface area contributed by atoms with Crippen LogP contribution in [0.3, 0.4) is 0 Å². The van der Waals surface area contributed by atoms with Crippen molar-refractivity contribution in [2.75, 3.05) is 5.75 Å². The van der Waals surface area contributed by atoms with Crippen molar-refractivity contribution in [1.29, 1.82) is 5.26 Å². The van der Waals surface area contributed by atoms with Crippen molar-refractivity contribution in [2.24, 2.45) is 0 Å². The van der Waals surface area contributed by atoms with E-state index < -0.39 is 24.1 Å². The maximum absolute atomic E-state index is 13.5. The van der Waals surface area contributed by atoms with Crippen LogP contribution < -0.4 is 0 Å². The highest BCUT2D eigenvalue weighted by atomic mass is 32.2. The van der Waals surface area contributed by atoms with E-state index in [2.05, 4.69) is 16.0 Å². The molecule has 10 heteroatoms. The number of nitriles is 1. The number of halogens is 5. The SMILES string of the molecule is CCSc1cc(C2(C#N)CC2)cnc1-c1cc2ccn(CC(F)(F)C(F)(F)F)c2cn1. The van der Waals surface area contributed by atoms with Crippen molar-refractivity contribution in [3.05, 3.63) is 42.4 Å². The quantitative estimate of drug-likeness (QED) is 0.342. The molecule has 0 bridgehead atoms. The fourth-order valence-corrected chi connectivity index (χ4v) is 4.23. The molecule has 0 unspecified atom stereocenters. The van der Waals surface area contributed by atoms with Crippen molar-refractivity contribution in [2.45, 2.75) is 48.7 Å². The Hall–Kier alpha value is -2.67. The highest BCUT2D eigenvalue weighted by Gasteiger charge is 2.57. The summed E-state index contributed by atoms with van der Waals surface area (Å²) in [6.45, 7) is 0.469. The highest BCUT2D eigenvalue weighted by molar-refractivity contribution is 7.99. The molecular formula is C21H17F5N4S. The van der Waals surface area contributed by atoms with Gasteiger partial charge < -0.3 is 4.57 Å². The van der Waals surface area contributed by atoms with E-state index >= 15 is 0 Å². The van der Waals surface area contributed by atoms with Gasteiger partial charge in [-0.05, 0) is 42.4 Å². The Morgan fingerprint density at radius 1 is 1.16 bits per heavy atom. The number of fused-ring (bicyclic) bond motifs is 1. The second-order valence-corrected chi connectivity index (χ2v) is 8.78. The molecule has 4 rings (SSSR count). The molecule has 0 N–H and O–H groups in total. The molecule has 3 aromatic heterocycles. The first-order valence-electron chi connectivity index (χ1n) is 9.54. The second-order valence-electron chi connectivity index (χ2n) is 7.47. The molecule has 3 heterocycles. The maximum Gasteiger partial charge on any atom is 0.455 e. The molecule has 31 heavy (non-hydrogen) atoms. The molecule has 162 valence electrons. The van der Waals surface area contributed by atoms with Crippen LogP contribution in [0.15, 0.2) is 41.7 Å². The summed E-state index contributed by atoms with van der Waals surface area (Å²) in [7, 11) is 0. The molecule has 1 saturated carbocycles. The number of hydrogen-bond donors (Lipinski definition) is 0. The molecule has 0 saturated heterocycles. The number of aromatic nitrogens is 3. The van der Waals surface area contributed by atoms with Crippen LogP contribution >= 0.6 is 11.8 Å². The van der Waals surface area contributed by atoms with Crippen LogP contribution in [-0.2, 0) is 12.0 Å². The average molecular weight is 452 g/mol. The maximum atomic E-state index is 13.5. The number of nitrogens with zero attached hydrogens (tertiary/aromatic N) is 4. The molecule has 4 nitrogen and oxygen atoms in total. The van der Waals surface area contributed by atoms with Gasteiger partial charge in [0, 0.05) is 22.7 Å². The number of hydrogen-bond acceptors (Lipinski definition) is 4. The van der Waals surface area contributed by atoms with Gasteiger partial charge in [-0.3, -0.25) is 9.97 Å². The molecular weight excluding hydrogens is 435 g/mol. The van der Waals surface area contributed by atoms with Gasteiger partial charge in [0.1, 0.15) is 5.69 Å². The standard InChI is InChI=1S/C21H17F5N4S/c1-2-31-17-8-14(19(11-27)4-5-19)9-29-18(17)15-7-13-3-6-30(16(13)10-28-15)12-20(22,23)21(24,25)26/h3,6-10H,2,4-5,12H2,1H3. The van der Waals surface area contributed by atoms with Crippen LogP contribution in [-0.4, -0.2) is 32.4 Å². The molecule has 0 amide bonds. The van der Waals surface area contributed by atoms with Crippen molar-refractivity contribution < 1.29 is 22.0 Å². The van der Waals surface area contributed by atoms with Crippen molar-refractivity contribution >= 4 is 22.7 Å². The van der Waals surface area contributed by atoms with E-state index in [1.54, 1.807) is 24.0 Å². The predicted molar refractivity (Wildman–Crippen MR) is 107 cm³/mol. The monoisotopic (exact) mass is 452 g/mol. The van der Waals surface area contributed by atoms with Gasteiger partial charge in [-0.2, -0.15) is 27.2 Å². The van der Waals surface area contributed by atoms with Gasteiger partial charge >= 0.3 is 12.1 Å². The number of pyridine rings is 2. The first kappa shape index (κ1) is 21.6. The third-order valence-corrected chi connectivity index (χ3v) is 6.26. The fourth-order valence-electron chi connectivity index (χ4n) is 3.41. The van der Waals surface area contributed by atoms with Gasteiger partial charge in [-0.25, -0.2) is 0 Å². The molecule has 0 spiro atoms. The fraction of sp³-hybridized carbons (Fsp3) is 0.381. The summed E-state index contributed by atoms with van der Waals surface area (Å²) in [5, 5.41) is 9.93. The summed E-state index contributed by atoms with van der Waals surface area (Å²) in [5.74, 6) is -4.08. The Morgan fingerprint density at radius 2 is 1.90 bits per heavy atom. The van der Waals surface area contributed by atoms with E-state index in [0.717, 1.165) is 33.6 Å². The van der Waals surface area contributed by atoms with Crippen LogP contribution in [0, 0.1) is 11.3 Å². The Morgan fingerprint density at radius 3 is 2.52 bits per heavy atom. The minimum atomic E-state index is -5.63. The predicted octanol–water partition coefficient (Wildman–Crippen LogP) is 5.96. The lowest BCUT2D eigenvalue weighted by atomic mass is 9.99. The Balaban J connectivity index is 1.70. The molecule has 0 aromatic carbocycles. The summed E-state index contributed by atoms with van der Waals surface area (Å²) < 4.78 is 65.5. The number of alkyl halides is 5. The number of rotatable bonds is 6. The number of thioether (sulfide) groups is 1. The largest absolute Gasteiger partial charge is 0.455 e. The van der Waals surface area contributed by atoms with E-state index in [4.69, 9.17) is 0 Å². The molecule has 1 aliphatic rings. The van der Waals surface area contributed by atoms with Gasteiger partial charge in [0.05, 0.1) is 35.4 Å². The Labute approximate surface area is 179 Å². The summed E-state index contributed by atoms with van der Waals surface area (Å²) in [6.07, 6.45) is 0.0914. The van der Waals surface area contributed by atoms with E-state index in [0.29, 0.717) is 16.8 Å². The first-order valence-corrected chi connectivity index (χ1v) is 10.5. The smallest absolute Gasteiger partial charge is 0.340 e. The van der Waals surface area contributed by atoms with Crippen LogP contribution in [0.5, 0.6) is 0 Å². The van der Waals surface area contributed by atoms with E-state index in [1.165, 1.54) is 18.5 Å². The third kappa shape index (κ3) is 3.87. The van der Waals surface area contributed by atoms with Crippen molar-refractivity contribution in [3.63, 3.8) is 0 Å².